The third-order valence-corrected chi connectivity index (χ3v) is 6.16. The van der Waals surface area contributed by atoms with Crippen molar-refractivity contribution in [2.45, 2.75) is 43.1 Å². The van der Waals surface area contributed by atoms with Crippen LogP contribution < -0.4 is 5.32 Å². The van der Waals surface area contributed by atoms with Crippen molar-refractivity contribution in [2.24, 2.45) is 0 Å². The van der Waals surface area contributed by atoms with Crippen LogP contribution in [0, 0.1) is 0 Å². The number of sulfone groups is 1. The van der Waals surface area contributed by atoms with Crippen LogP contribution in [0.3, 0.4) is 0 Å². The Morgan fingerprint density at radius 3 is 2.62 bits per heavy atom. The minimum absolute atomic E-state index is 0.0458. The fraction of sp³-hybridized carbons (Fsp3) is 0.438. The van der Waals surface area contributed by atoms with Crippen LogP contribution in [0.5, 0.6) is 0 Å². The molecule has 1 fully saturated rings. The molecule has 24 heavy (non-hydrogen) atoms. The number of amides is 1. The molecule has 0 aliphatic heterocycles. The fourth-order valence-corrected chi connectivity index (χ4v) is 4.58. The van der Waals surface area contributed by atoms with Crippen molar-refractivity contribution in [1.82, 2.24) is 10.1 Å². The summed E-state index contributed by atoms with van der Waals surface area (Å²) in [6, 6.07) is 9.03. The van der Waals surface area contributed by atoms with Crippen molar-refractivity contribution in [3.05, 3.63) is 42.0 Å². The zero-order valence-electron chi connectivity index (χ0n) is 13.1. The Morgan fingerprint density at radius 2 is 1.92 bits per heavy atom. The predicted octanol–water partition coefficient (Wildman–Crippen LogP) is 2.11. The Kier molecular flexibility index (Phi) is 4.94. The maximum Gasteiger partial charge on any atom is 0.241 e. The Morgan fingerprint density at radius 1 is 1.21 bits per heavy atom. The first-order valence-electron chi connectivity index (χ1n) is 7.91. The quantitative estimate of drug-likeness (QED) is 0.857. The first kappa shape index (κ1) is 16.6. The van der Waals surface area contributed by atoms with Crippen LogP contribution in [-0.4, -0.2) is 29.7 Å². The summed E-state index contributed by atoms with van der Waals surface area (Å²) in [5.74, 6) is -0.318. The molecule has 8 heteroatoms. The highest BCUT2D eigenvalue weighted by atomic mass is 32.2. The van der Waals surface area contributed by atoms with Gasteiger partial charge in [0.2, 0.25) is 11.8 Å². The van der Waals surface area contributed by atoms with Gasteiger partial charge >= 0.3 is 0 Å². The first-order chi connectivity index (χ1) is 11.5. The molecular weight excluding hydrogens is 330 g/mol. The Labute approximate surface area is 140 Å². The van der Waals surface area contributed by atoms with E-state index < -0.39 is 9.84 Å². The topological polar surface area (TPSA) is 102 Å². The van der Waals surface area contributed by atoms with Gasteiger partial charge in [-0.25, -0.2) is 8.42 Å². The molecule has 1 aromatic carbocycles. The molecule has 1 heterocycles. The second kappa shape index (κ2) is 7.12. The van der Waals surface area contributed by atoms with Crippen molar-refractivity contribution >= 4 is 21.4 Å². The third kappa shape index (κ3) is 4.19. The van der Waals surface area contributed by atoms with E-state index in [1.807, 2.05) is 18.2 Å². The third-order valence-electron chi connectivity index (χ3n) is 4.02. The van der Waals surface area contributed by atoms with Gasteiger partial charge in [-0.15, -0.1) is 0 Å². The van der Waals surface area contributed by atoms with Gasteiger partial charge in [0.1, 0.15) is 5.75 Å². The number of carbonyl (C=O) groups excluding carboxylic acids is 1. The van der Waals surface area contributed by atoms with Gasteiger partial charge in [-0.2, -0.15) is 4.98 Å². The van der Waals surface area contributed by atoms with Crippen LogP contribution in [-0.2, 0) is 26.8 Å². The molecule has 3 rings (SSSR count). The molecule has 0 radical (unpaired) electrons. The van der Waals surface area contributed by atoms with Crippen LogP contribution >= 0.6 is 0 Å². The van der Waals surface area contributed by atoms with E-state index in [1.54, 1.807) is 12.1 Å². The number of nitrogens with zero attached hydrogens (tertiary/aromatic N) is 2. The SMILES string of the molecule is O=C(Cc1noc(CS(=O)(=O)C2CCCC2)n1)Nc1ccccc1. The van der Waals surface area contributed by atoms with E-state index in [0.29, 0.717) is 18.5 Å². The van der Waals surface area contributed by atoms with Crippen LogP contribution in [0.2, 0.25) is 0 Å². The van der Waals surface area contributed by atoms with Gasteiger partial charge in [0.15, 0.2) is 15.7 Å². The number of anilines is 1. The highest BCUT2D eigenvalue weighted by Crippen LogP contribution is 2.26. The monoisotopic (exact) mass is 349 g/mol. The first-order valence-corrected chi connectivity index (χ1v) is 9.62. The maximum absolute atomic E-state index is 12.3. The molecule has 1 saturated carbocycles. The average molecular weight is 349 g/mol. The van der Waals surface area contributed by atoms with E-state index in [0.717, 1.165) is 12.8 Å². The van der Waals surface area contributed by atoms with Crippen molar-refractivity contribution in [1.29, 1.82) is 0 Å². The number of benzene rings is 1. The summed E-state index contributed by atoms with van der Waals surface area (Å²) >= 11 is 0. The second-order valence-corrected chi connectivity index (χ2v) is 8.19. The molecule has 128 valence electrons. The van der Waals surface area contributed by atoms with Gasteiger partial charge in [0, 0.05) is 5.69 Å². The smallest absolute Gasteiger partial charge is 0.241 e. The molecule has 0 unspecified atom stereocenters. The lowest BCUT2D eigenvalue weighted by atomic mass is 10.3. The van der Waals surface area contributed by atoms with E-state index >= 15 is 0 Å². The molecule has 1 N–H and O–H groups in total. The lowest BCUT2D eigenvalue weighted by Gasteiger charge is -2.07. The summed E-state index contributed by atoms with van der Waals surface area (Å²) in [6.07, 6.45) is 3.21. The summed E-state index contributed by atoms with van der Waals surface area (Å²) < 4.78 is 29.5. The summed E-state index contributed by atoms with van der Waals surface area (Å²) in [6.45, 7) is 0. The normalized spacial score (nSPS) is 15.5. The molecule has 0 atom stereocenters. The summed E-state index contributed by atoms with van der Waals surface area (Å²) in [5, 5.41) is 6.10. The minimum Gasteiger partial charge on any atom is -0.338 e. The molecule has 0 saturated heterocycles. The van der Waals surface area contributed by atoms with Crippen molar-refractivity contribution < 1.29 is 17.7 Å². The number of hydrogen-bond donors (Lipinski definition) is 1. The van der Waals surface area contributed by atoms with Gasteiger partial charge in [-0.3, -0.25) is 4.79 Å². The van der Waals surface area contributed by atoms with Crippen LogP contribution in [0.25, 0.3) is 0 Å². The van der Waals surface area contributed by atoms with E-state index in [2.05, 4.69) is 15.5 Å². The molecule has 1 amide bonds. The Balaban J connectivity index is 1.58. The number of aromatic nitrogens is 2. The molecule has 0 bridgehead atoms. The fourth-order valence-electron chi connectivity index (χ4n) is 2.83. The summed E-state index contributed by atoms with van der Waals surface area (Å²) in [4.78, 5) is 16.0. The average Bonchev–Trinajstić information content (AvgIpc) is 3.20. The standard InChI is InChI=1S/C16H19N3O4S/c20-15(17-12-6-2-1-3-7-12)10-14-18-16(23-19-14)11-24(21,22)13-8-4-5-9-13/h1-3,6-7,13H,4-5,8-11H2,(H,17,20). The molecular formula is C16H19N3O4S. The number of para-hydroxylation sites is 1. The summed E-state index contributed by atoms with van der Waals surface area (Å²) in [5.41, 5.74) is 0.676. The van der Waals surface area contributed by atoms with E-state index in [-0.39, 0.29) is 35.0 Å². The molecule has 2 aromatic rings. The molecule has 1 aliphatic carbocycles. The van der Waals surface area contributed by atoms with Crippen LogP contribution in [0.15, 0.2) is 34.9 Å². The van der Waals surface area contributed by atoms with Gasteiger partial charge in [0.25, 0.3) is 0 Å². The highest BCUT2D eigenvalue weighted by Gasteiger charge is 2.30. The maximum atomic E-state index is 12.3. The minimum atomic E-state index is -3.27. The lowest BCUT2D eigenvalue weighted by Crippen LogP contribution is -2.19. The second-order valence-electron chi connectivity index (χ2n) is 5.91. The zero-order valence-corrected chi connectivity index (χ0v) is 14.0. The van der Waals surface area contributed by atoms with Crippen molar-refractivity contribution in [3.63, 3.8) is 0 Å². The number of rotatable bonds is 6. The van der Waals surface area contributed by atoms with Crippen LogP contribution in [0.1, 0.15) is 37.4 Å². The van der Waals surface area contributed by atoms with E-state index in [9.17, 15) is 13.2 Å². The van der Waals surface area contributed by atoms with Gasteiger partial charge in [-0.05, 0) is 25.0 Å². The number of nitrogens with one attached hydrogen (secondary N) is 1. The van der Waals surface area contributed by atoms with Gasteiger partial charge < -0.3 is 9.84 Å². The van der Waals surface area contributed by atoms with Gasteiger partial charge in [-0.1, -0.05) is 36.2 Å². The van der Waals surface area contributed by atoms with Crippen molar-refractivity contribution in [2.75, 3.05) is 5.32 Å². The largest absolute Gasteiger partial charge is 0.338 e. The van der Waals surface area contributed by atoms with Crippen molar-refractivity contribution in [3.8, 4) is 0 Å². The highest BCUT2D eigenvalue weighted by molar-refractivity contribution is 7.91. The zero-order chi connectivity index (χ0) is 17.0. The number of hydrogen-bond acceptors (Lipinski definition) is 6. The molecule has 0 spiro atoms. The predicted molar refractivity (Wildman–Crippen MR) is 88.0 cm³/mol. The van der Waals surface area contributed by atoms with E-state index in [4.69, 9.17) is 4.52 Å². The molecule has 1 aromatic heterocycles. The summed E-state index contributed by atoms with van der Waals surface area (Å²) in [7, 11) is -3.27. The molecule has 1 aliphatic rings. The Bertz CT molecular complexity index is 796. The van der Waals surface area contributed by atoms with E-state index in [1.165, 1.54) is 0 Å². The number of carbonyl (C=O) groups is 1. The Hall–Kier alpha value is -2.22. The molecule has 7 nitrogen and oxygen atoms in total. The van der Waals surface area contributed by atoms with Gasteiger partial charge in [0.05, 0.1) is 11.7 Å². The van der Waals surface area contributed by atoms with Crippen LogP contribution in [0.4, 0.5) is 5.69 Å². The lowest BCUT2D eigenvalue weighted by molar-refractivity contribution is -0.115.